The lowest BCUT2D eigenvalue weighted by Crippen LogP contribution is -2.60. The molecule has 0 radical (unpaired) electrons. The first-order valence-electron chi connectivity index (χ1n) is 17.7. The first-order valence-corrected chi connectivity index (χ1v) is 18.1. The highest BCUT2D eigenvalue weighted by Crippen LogP contribution is 2.45. The number of nitrogen functional groups attached to an aromatic ring is 1. The van der Waals surface area contributed by atoms with E-state index in [9.17, 15) is 24.0 Å². The van der Waals surface area contributed by atoms with Crippen molar-refractivity contribution >= 4 is 69.9 Å². The smallest absolute Gasteiger partial charge is 0.262 e. The van der Waals surface area contributed by atoms with Crippen LogP contribution in [0.3, 0.4) is 0 Å². The van der Waals surface area contributed by atoms with Gasteiger partial charge in [-0.1, -0.05) is 11.6 Å². The summed E-state index contributed by atoms with van der Waals surface area (Å²) in [6.45, 7) is 2.85. The third-order valence-corrected chi connectivity index (χ3v) is 11.2. The Labute approximate surface area is 317 Å². The third kappa shape index (κ3) is 5.80. The summed E-state index contributed by atoms with van der Waals surface area (Å²) in [6, 6.07) is 11.4. The van der Waals surface area contributed by atoms with Crippen molar-refractivity contribution < 1.29 is 28.4 Å². The molecule has 4 aliphatic heterocycles. The van der Waals surface area contributed by atoms with Crippen molar-refractivity contribution in [1.82, 2.24) is 29.6 Å². The number of nitrogens with one attached hydrogen (secondary N) is 2. The zero-order chi connectivity index (χ0) is 38.2. The zero-order valence-corrected chi connectivity index (χ0v) is 29.8. The number of pyridine rings is 1. The molecule has 2 aromatic carbocycles. The molecule has 3 aromatic heterocycles. The van der Waals surface area contributed by atoms with Gasteiger partial charge in [-0.25, -0.2) is 19.3 Å². The third-order valence-electron chi connectivity index (χ3n) is 11.0. The van der Waals surface area contributed by atoms with Crippen LogP contribution in [-0.4, -0.2) is 86.0 Å². The predicted molar refractivity (Wildman–Crippen MR) is 199 cm³/mol. The fourth-order valence-corrected chi connectivity index (χ4v) is 8.23. The summed E-state index contributed by atoms with van der Waals surface area (Å²) in [4.78, 5) is 82.0. The van der Waals surface area contributed by atoms with E-state index in [1.807, 2.05) is 10.5 Å². The summed E-state index contributed by atoms with van der Waals surface area (Å²) >= 11 is 6.00. The second kappa shape index (κ2) is 12.9. The lowest BCUT2D eigenvalue weighted by molar-refractivity contribution is -0.136. The fraction of sp³-hybridized carbons (Fsp3) is 0.263. The number of fused-ring (bicyclic) bond motifs is 2. The molecule has 1 unspecified atom stereocenters. The van der Waals surface area contributed by atoms with Gasteiger partial charge in [-0.15, -0.1) is 0 Å². The van der Waals surface area contributed by atoms with Gasteiger partial charge in [0.05, 0.1) is 11.1 Å². The molecule has 5 aromatic rings. The van der Waals surface area contributed by atoms with E-state index in [1.165, 1.54) is 24.4 Å². The number of carbonyl (C=O) groups is 5. The predicted octanol–water partition coefficient (Wildman–Crippen LogP) is 3.93. The maximum atomic E-state index is 15.8. The van der Waals surface area contributed by atoms with Crippen molar-refractivity contribution in [3.8, 4) is 11.3 Å². The summed E-state index contributed by atoms with van der Waals surface area (Å²) in [6.07, 6.45) is 6.62. The first kappa shape index (κ1) is 34.4. The summed E-state index contributed by atoms with van der Waals surface area (Å²) in [5.41, 5.74) is 8.69. The average Bonchev–Trinajstić information content (AvgIpc) is 3.65. The van der Waals surface area contributed by atoms with Crippen molar-refractivity contribution in [2.75, 3.05) is 47.0 Å². The van der Waals surface area contributed by atoms with Crippen molar-refractivity contribution in [2.45, 2.75) is 31.7 Å². The maximum absolute atomic E-state index is 15.8. The van der Waals surface area contributed by atoms with Crippen molar-refractivity contribution in [3.05, 3.63) is 94.7 Å². The average molecular weight is 763 g/mol. The van der Waals surface area contributed by atoms with E-state index in [2.05, 4.69) is 30.4 Å². The van der Waals surface area contributed by atoms with Crippen molar-refractivity contribution in [3.63, 3.8) is 0 Å². The number of rotatable bonds is 6. The van der Waals surface area contributed by atoms with E-state index in [0.717, 1.165) is 42.6 Å². The minimum Gasteiger partial charge on any atom is -0.382 e. The molecule has 5 amide bonds. The van der Waals surface area contributed by atoms with E-state index < -0.39 is 41.4 Å². The maximum Gasteiger partial charge on any atom is 0.262 e. The van der Waals surface area contributed by atoms with Gasteiger partial charge in [0.15, 0.2) is 0 Å². The minimum absolute atomic E-state index is 0.0215. The van der Waals surface area contributed by atoms with Crippen molar-refractivity contribution in [2.24, 2.45) is 5.41 Å². The van der Waals surface area contributed by atoms with E-state index in [4.69, 9.17) is 22.3 Å². The van der Waals surface area contributed by atoms with Gasteiger partial charge in [-0.2, -0.15) is 0 Å². The second-order valence-corrected chi connectivity index (χ2v) is 14.8. The minimum atomic E-state index is -1.02. The lowest BCUT2D eigenvalue weighted by atomic mass is 9.71. The molecule has 3 saturated heterocycles. The molecule has 17 heteroatoms. The molecule has 0 bridgehead atoms. The topological polar surface area (TPSA) is 188 Å². The summed E-state index contributed by atoms with van der Waals surface area (Å²) < 4.78 is 17.6. The van der Waals surface area contributed by atoms with Gasteiger partial charge in [0, 0.05) is 78.4 Å². The number of nitrogens with zero attached hydrogens (tertiary/aromatic N) is 7. The highest BCUT2D eigenvalue weighted by Gasteiger charge is 2.48. The van der Waals surface area contributed by atoms with E-state index in [-0.39, 0.29) is 52.1 Å². The van der Waals surface area contributed by atoms with Crippen LogP contribution in [0.15, 0.2) is 67.1 Å². The van der Waals surface area contributed by atoms with E-state index >= 15 is 4.39 Å². The van der Waals surface area contributed by atoms with Gasteiger partial charge < -0.3 is 20.9 Å². The van der Waals surface area contributed by atoms with Crippen LogP contribution in [-0.2, 0) is 9.59 Å². The van der Waals surface area contributed by atoms with Gasteiger partial charge in [0.2, 0.25) is 17.8 Å². The molecular formula is C38H32ClFN10O5. The molecule has 0 aliphatic carbocycles. The molecule has 7 heterocycles. The number of hydrogen-bond donors (Lipinski definition) is 3. The van der Waals surface area contributed by atoms with Crippen LogP contribution >= 0.6 is 11.6 Å². The van der Waals surface area contributed by atoms with Crippen LogP contribution < -0.4 is 26.2 Å². The number of nitrogens with two attached hydrogens (primary N) is 1. The van der Waals surface area contributed by atoms with E-state index in [0.29, 0.717) is 35.3 Å². The number of imide groups is 2. The Balaban J connectivity index is 0.893. The van der Waals surface area contributed by atoms with E-state index in [1.54, 1.807) is 30.6 Å². The van der Waals surface area contributed by atoms with Crippen LogP contribution in [0.2, 0.25) is 5.02 Å². The second-order valence-electron chi connectivity index (χ2n) is 14.3. The van der Waals surface area contributed by atoms with Crippen LogP contribution in [0.25, 0.3) is 16.8 Å². The SMILES string of the molecule is Nc1nccn2c(N3CCC4(CC3)CN(c3ccc5c(c3)C(=O)N(C3CCC(=O)NC3=O)C5=O)C4)nc(-c3ccc(C(=O)Nc4cc(Cl)ccn4)cc3F)c12. The number of imidazole rings is 1. The number of benzene rings is 2. The van der Waals surface area contributed by atoms with Crippen LogP contribution in [0.4, 0.5) is 27.7 Å². The number of amides is 5. The molecule has 278 valence electrons. The van der Waals surface area contributed by atoms with Crippen LogP contribution in [0.5, 0.6) is 0 Å². The Morgan fingerprint density at radius 3 is 2.44 bits per heavy atom. The normalized spacial score (nSPS) is 19.2. The summed E-state index contributed by atoms with van der Waals surface area (Å²) in [7, 11) is 0. The highest BCUT2D eigenvalue weighted by molar-refractivity contribution is 6.30. The molecule has 4 N–H and O–H groups in total. The Morgan fingerprint density at radius 1 is 0.927 bits per heavy atom. The molecular weight excluding hydrogens is 731 g/mol. The van der Waals surface area contributed by atoms with Crippen LogP contribution in [0, 0.1) is 11.2 Å². The Morgan fingerprint density at radius 2 is 1.69 bits per heavy atom. The standard InChI is InChI=1S/C38H32ClFN10O5/c39-21-7-10-42-28(16-21)44-33(52)20-1-3-24(26(40)15-20)30-31-32(41)43-11-14-49(31)37(46-30)47-12-8-38(9-13-47)18-48(19-38)22-2-4-23-25(17-22)36(55)50(35(23)54)27-5-6-29(51)45-34(27)53/h1-4,7,10-11,14-17,27H,5-6,8-9,12-13,18-19H2,(H2,41,43)(H,42,44,52)(H,45,51,53). The van der Waals surface area contributed by atoms with Gasteiger partial charge >= 0.3 is 0 Å². The molecule has 3 fully saturated rings. The summed E-state index contributed by atoms with van der Waals surface area (Å²) in [5.74, 6) is -2.32. The van der Waals surface area contributed by atoms with Gasteiger partial charge in [0.25, 0.3) is 17.7 Å². The molecule has 4 aliphatic rings. The molecule has 1 atom stereocenters. The lowest BCUT2D eigenvalue weighted by Gasteiger charge is -2.55. The number of hydrogen-bond acceptors (Lipinski definition) is 11. The number of carbonyl (C=O) groups excluding carboxylic acids is 5. The molecule has 55 heavy (non-hydrogen) atoms. The number of piperidine rings is 2. The quantitative estimate of drug-likeness (QED) is 0.213. The molecule has 0 saturated carbocycles. The van der Waals surface area contributed by atoms with Crippen molar-refractivity contribution in [1.29, 1.82) is 0 Å². The number of aromatic nitrogens is 4. The Bertz CT molecular complexity index is 2490. The molecule has 15 nitrogen and oxygen atoms in total. The van der Waals surface area contributed by atoms with Gasteiger partial charge in [0.1, 0.15) is 34.7 Å². The zero-order valence-electron chi connectivity index (χ0n) is 29.1. The first-order chi connectivity index (χ1) is 26.5. The number of halogens is 2. The number of anilines is 4. The van der Waals surface area contributed by atoms with Crippen LogP contribution in [0.1, 0.15) is 56.8 Å². The Kier molecular flexibility index (Phi) is 8.04. The highest BCUT2D eigenvalue weighted by atomic mass is 35.5. The van der Waals surface area contributed by atoms with Gasteiger partial charge in [-0.3, -0.25) is 38.6 Å². The monoisotopic (exact) mass is 762 g/mol. The van der Waals surface area contributed by atoms with Gasteiger partial charge in [-0.05, 0) is 67.8 Å². The Hall–Kier alpha value is -6.42. The summed E-state index contributed by atoms with van der Waals surface area (Å²) in [5, 5.41) is 5.24. The largest absolute Gasteiger partial charge is 0.382 e. The molecule has 9 rings (SSSR count). The molecule has 1 spiro atoms. The fourth-order valence-electron chi connectivity index (χ4n) is 8.07.